The van der Waals surface area contributed by atoms with Crippen LogP contribution in [0.4, 0.5) is 0 Å². The fourth-order valence-electron chi connectivity index (χ4n) is 2.53. The summed E-state index contributed by atoms with van der Waals surface area (Å²) in [5.41, 5.74) is 5.07. The fourth-order valence-corrected chi connectivity index (χ4v) is 3.19. The third kappa shape index (κ3) is 4.10. The van der Waals surface area contributed by atoms with Crippen molar-refractivity contribution in [2.45, 2.75) is 32.0 Å². The van der Waals surface area contributed by atoms with E-state index in [1.54, 1.807) is 7.11 Å². The minimum absolute atomic E-state index is 0.153. The van der Waals surface area contributed by atoms with E-state index in [-0.39, 0.29) is 4.83 Å². The predicted octanol–water partition coefficient (Wildman–Crippen LogP) is 5.69. The van der Waals surface area contributed by atoms with Crippen LogP contribution in [0, 0.1) is 12.8 Å². The molecule has 0 saturated heterocycles. The summed E-state index contributed by atoms with van der Waals surface area (Å²) in [7, 11) is 1.72. The lowest BCUT2D eigenvalue weighted by molar-refractivity contribution is 0.410. The summed E-state index contributed by atoms with van der Waals surface area (Å²) >= 11 is 3.82. The number of rotatable bonds is 5. The summed E-state index contributed by atoms with van der Waals surface area (Å²) in [6.45, 7) is 6.60. The topological polar surface area (TPSA) is 9.23 Å². The van der Waals surface area contributed by atoms with Gasteiger partial charge in [0.15, 0.2) is 0 Å². The Morgan fingerprint density at radius 1 is 1.05 bits per heavy atom. The maximum Gasteiger partial charge on any atom is 0.123 e. The number of halogens is 1. The Kier molecular flexibility index (Phi) is 5.46. The van der Waals surface area contributed by atoms with Crippen LogP contribution < -0.4 is 4.74 Å². The van der Waals surface area contributed by atoms with E-state index in [4.69, 9.17) is 4.74 Å². The van der Waals surface area contributed by atoms with Crippen LogP contribution in [0.5, 0.6) is 5.75 Å². The van der Waals surface area contributed by atoms with Gasteiger partial charge < -0.3 is 4.74 Å². The summed E-state index contributed by atoms with van der Waals surface area (Å²) < 4.78 is 5.49. The molecule has 0 aliphatic heterocycles. The molecule has 0 N–H and O–H groups in total. The van der Waals surface area contributed by atoms with Crippen LogP contribution in [0.25, 0.3) is 0 Å². The Labute approximate surface area is 136 Å². The SMILES string of the molecule is COc1ccc(C)cc1C(Br)c1ccc(CC(C)C)cc1. The van der Waals surface area contributed by atoms with E-state index >= 15 is 0 Å². The molecule has 1 unspecified atom stereocenters. The molecule has 2 rings (SSSR count). The second-order valence-corrected chi connectivity index (χ2v) is 6.86. The average Bonchev–Trinajstić information content (AvgIpc) is 2.46. The monoisotopic (exact) mass is 346 g/mol. The molecule has 0 spiro atoms. The van der Waals surface area contributed by atoms with Crippen molar-refractivity contribution in [1.82, 2.24) is 0 Å². The molecule has 112 valence electrons. The standard InChI is InChI=1S/C19H23BrO/c1-13(2)11-15-6-8-16(9-7-15)19(20)17-12-14(3)5-10-18(17)21-4/h5-10,12-13,19H,11H2,1-4H3. The molecule has 0 aliphatic carbocycles. The molecule has 2 aromatic carbocycles. The van der Waals surface area contributed by atoms with E-state index in [1.165, 1.54) is 22.3 Å². The van der Waals surface area contributed by atoms with Gasteiger partial charge in [0.1, 0.15) is 5.75 Å². The molecule has 0 amide bonds. The highest BCUT2D eigenvalue weighted by molar-refractivity contribution is 9.09. The second kappa shape index (κ2) is 7.13. The van der Waals surface area contributed by atoms with E-state index in [9.17, 15) is 0 Å². The highest BCUT2D eigenvalue weighted by atomic mass is 79.9. The highest BCUT2D eigenvalue weighted by Gasteiger charge is 2.15. The summed E-state index contributed by atoms with van der Waals surface area (Å²) in [5, 5.41) is 0. The van der Waals surface area contributed by atoms with Crippen molar-refractivity contribution in [3.63, 3.8) is 0 Å². The number of benzene rings is 2. The van der Waals surface area contributed by atoms with Gasteiger partial charge in [-0.25, -0.2) is 0 Å². The van der Waals surface area contributed by atoms with E-state index in [0.29, 0.717) is 5.92 Å². The summed E-state index contributed by atoms with van der Waals surface area (Å²) in [4.78, 5) is 0.153. The van der Waals surface area contributed by atoms with Crippen molar-refractivity contribution in [2.24, 2.45) is 5.92 Å². The number of alkyl halides is 1. The van der Waals surface area contributed by atoms with Crippen molar-refractivity contribution in [3.05, 3.63) is 64.7 Å². The zero-order valence-corrected chi connectivity index (χ0v) is 14.8. The smallest absolute Gasteiger partial charge is 0.123 e. The number of hydrogen-bond acceptors (Lipinski definition) is 1. The molecule has 2 heteroatoms. The number of ether oxygens (including phenoxy) is 1. The van der Waals surface area contributed by atoms with Crippen molar-refractivity contribution in [1.29, 1.82) is 0 Å². The number of methoxy groups -OCH3 is 1. The first-order chi connectivity index (χ1) is 10.0. The van der Waals surface area contributed by atoms with E-state index in [1.807, 2.05) is 6.07 Å². The van der Waals surface area contributed by atoms with E-state index < -0.39 is 0 Å². The number of hydrogen-bond donors (Lipinski definition) is 0. The molecule has 0 heterocycles. The Bertz CT molecular complexity index is 587. The normalized spacial score (nSPS) is 12.5. The fraction of sp³-hybridized carbons (Fsp3) is 0.368. The Hall–Kier alpha value is -1.28. The molecule has 0 radical (unpaired) electrons. The van der Waals surface area contributed by atoms with Gasteiger partial charge in [-0.05, 0) is 36.5 Å². The summed E-state index contributed by atoms with van der Waals surface area (Å²) in [5.74, 6) is 1.61. The minimum atomic E-state index is 0.153. The van der Waals surface area contributed by atoms with Gasteiger partial charge in [0, 0.05) is 5.56 Å². The molecule has 0 saturated carbocycles. The molecule has 0 fully saturated rings. The zero-order valence-electron chi connectivity index (χ0n) is 13.2. The van der Waals surface area contributed by atoms with Crippen LogP contribution in [-0.4, -0.2) is 7.11 Å². The summed E-state index contributed by atoms with van der Waals surface area (Å²) in [6.07, 6.45) is 1.13. The Morgan fingerprint density at radius 2 is 1.71 bits per heavy atom. The second-order valence-electron chi connectivity index (χ2n) is 5.95. The average molecular weight is 347 g/mol. The third-order valence-corrected chi connectivity index (χ3v) is 4.60. The van der Waals surface area contributed by atoms with Gasteiger partial charge in [0.2, 0.25) is 0 Å². The van der Waals surface area contributed by atoms with Gasteiger partial charge >= 0.3 is 0 Å². The lowest BCUT2D eigenvalue weighted by Gasteiger charge is -2.16. The predicted molar refractivity (Wildman–Crippen MR) is 93.5 cm³/mol. The lowest BCUT2D eigenvalue weighted by Crippen LogP contribution is -1.99. The van der Waals surface area contributed by atoms with Crippen LogP contribution in [-0.2, 0) is 6.42 Å². The zero-order chi connectivity index (χ0) is 15.4. The van der Waals surface area contributed by atoms with E-state index in [2.05, 4.69) is 73.1 Å². The molecular formula is C19H23BrO. The quantitative estimate of drug-likeness (QED) is 0.632. The molecule has 21 heavy (non-hydrogen) atoms. The van der Waals surface area contributed by atoms with Gasteiger partial charge in [0.25, 0.3) is 0 Å². The molecule has 0 aromatic heterocycles. The van der Waals surface area contributed by atoms with Gasteiger partial charge in [0.05, 0.1) is 11.9 Å². The van der Waals surface area contributed by atoms with Crippen LogP contribution in [0.2, 0.25) is 0 Å². The first kappa shape index (κ1) is 16.1. The lowest BCUT2D eigenvalue weighted by atomic mass is 9.98. The van der Waals surface area contributed by atoms with Gasteiger partial charge in [-0.1, -0.05) is 71.7 Å². The number of aryl methyl sites for hydroxylation is 1. The molecular weight excluding hydrogens is 324 g/mol. The summed E-state index contributed by atoms with van der Waals surface area (Å²) in [6, 6.07) is 15.2. The Morgan fingerprint density at radius 3 is 2.29 bits per heavy atom. The van der Waals surface area contributed by atoms with Crippen LogP contribution >= 0.6 is 15.9 Å². The molecule has 0 aliphatic rings. The van der Waals surface area contributed by atoms with Crippen LogP contribution in [0.3, 0.4) is 0 Å². The van der Waals surface area contributed by atoms with Crippen molar-refractivity contribution in [3.8, 4) is 5.75 Å². The first-order valence-corrected chi connectivity index (χ1v) is 8.30. The largest absolute Gasteiger partial charge is 0.496 e. The highest BCUT2D eigenvalue weighted by Crippen LogP contribution is 2.37. The Balaban J connectivity index is 2.27. The third-order valence-electron chi connectivity index (χ3n) is 3.57. The van der Waals surface area contributed by atoms with Crippen molar-refractivity contribution in [2.75, 3.05) is 7.11 Å². The van der Waals surface area contributed by atoms with Crippen molar-refractivity contribution >= 4 is 15.9 Å². The van der Waals surface area contributed by atoms with Gasteiger partial charge in [-0.2, -0.15) is 0 Å². The van der Waals surface area contributed by atoms with Gasteiger partial charge in [-0.15, -0.1) is 0 Å². The molecule has 1 nitrogen and oxygen atoms in total. The maximum absolute atomic E-state index is 5.49. The maximum atomic E-state index is 5.49. The molecule has 0 bridgehead atoms. The van der Waals surface area contributed by atoms with Crippen molar-refractivity contribution < 1.29 is 4.74 Å². The molecule has 1 atom stereocenters. The van der Waals surface area contributed by atoms with Gasteiger partial charge in [-0.3, -0.25) is 0 Å². The first-order valence-electron chi connectivity index (χ1n) is 7.38. The van der Waals surface area contributed by atoms with Crippen LogP contribution in [0.15, 0.2) is 42.5 Å². The van der Waals surface area contributed by atoms with Crippen LogP contribution in [0.1, 0.15) is 40.9 Å². The molecule has 2 aromatic rings. The van der Waals surface area contributed by atoms with E-state index in [0.717, 1.165) is 12.2 Å². The minimum Gasteiger partial charge on any atom is -0.496 e.